The van der Waals surface area contributed by atoms with Crippen LogP contribution in [0.5, 0.6) is 0 Å². The van der Waals surface area contributed by atoms with Crippen molar-refractivity contribution in [2.45, 2.75) is 51.4 Å². The van der Waals surface area contributed by atoms with E-state index in [1.165, 1.54) is 24.3 Å². The number of ether oxygens (including phenoxy) is 1. The first-order chi connectivity index (χ1) is 13.6. The molecule has 0 radical (unpaired) electrons. The fraction of sp³-hybridized carbons (Fsp3) is 0.360. The van der Waals surface area contributed by atoms with Crippen LogP contribution < -0.4 is 5.43 Å². The van der Waals surface area contributed by atoms with Crippen molar-refractivity contribution in [3.05, 3.63) is 69.4 Å². The van der Waals surface area contributed by atoms with Crippen molar-refractivity contribution in [1.82, 2.24) is 0 Å². The summed E-state index contributed by atoms with van der Waals surface area (Å²) in [5.74, 6) is 0.0970. The van der Waals surface area contributed by atoms with Gasteiger partial charge in [-0.05, 0) is 59.1 Å². The number of hydrogen-bond acceptors (Lipinski definition) is 4. The zero-order valence-corrected chi connectivity index (χ0v) is 17.6. The Morgan fingerprint density at radius 1 is 0.931 bits per heavy atom. The van der Waals surface area contributed by atoms with Crippen LogP contribution in [0, 0.1) is 0 Å². The molecule has 0 bridgehead atoms. The molecule has 29 heavy (non-hydrogen) atoms. The highest BCUT2D eigenvalue weighted by Crippen LogP contribution is 2.46. The van der Waals surface area contributed by atoms with Crippen LogP contribution in [0.2, 0.25) is 0 Å². The predicted octanol–water partition coefficient (Wildman–Crippen LogP) is 5.60. The molecule has 3 aromatic rings. The van der Waals surface area contributed by atoms with Gasteiger partial charge in [0.25, 0.3) is 0 Å². The van der Waals surface area contributed by atoms with E-state index in [-0.39, 0.29) is 16.3 Å². The molecule has 150 valence electrons. The Bertz CT molecular complexity index is 1160. The van der Waals surface area contributed by atoms with Crippen LogP contribution in [0.4, 0.5) is 0 Å². The third kappa shape index (κ3) is 3.27. The van der Waals surface area contributed by atoms with E-state index in [1.54, 1.807) is 24.3 Å². The molecule has 1 aliphatic carbocycles. The molecular formula is C25H26O4. The van der Waals surface area contributed by atoms with E-state index in [4.69, 9.17) is 9.15 Å². The molecule has 4 nitrogen and oxygen atoms in total. The summed E-state index contributed by atoms with van der Waals surface area (Å²) >= 11 is 0. The number of methoxy groups -OCH3 is 1. The van der Waals surface area contributed by atoms with Crippen LogP contribution in [0.25, 0.3) is 22.3 Å². The fourth-order valence-corrected chi connectivity index (χ4v) is 4.25. The summed E-state index contributed by atoms with van der Waals surface area (Å²) in [4.78, 5) is 24.6. The summed E-state index contributed by atoms with van der Waals surface area (Å²) in [5, 5.41) is 0.615. The van der Waals surface area contributed by atoms with Gasteiger partial charge in [0.05, 0.1) is 18.1 Å². The maximum Gasteiger partial charge on any atom is 0.337 e. The molecule has 2 aromatic carbocycles. The molecule has 1 heterocycles. The number of hydrogen-bond donors (Lipinski definition) is 0. The van der Waals surface area contributed by atoms with Gasteiger partial charge in [0.15, 0.2) is 5.43 Å². The van der Waals surface area contributed by atoms with Gasteiger partial charge in [-0.3, -0.25) is 4.79 Å². The molecule has 0 N–H and O–H groups in total. The Kier molecular flexibility index (Phi) is 4.41. The molecule has 0 amide bonds. The highest BCUT2D eigenvalue weighted by Gasteiger charge is 2.37. The second kappa shape index (κ2) is 6.58. The van der Waals surface area contributed by atoms with Crippen LogP contribution in [0.3, 0.4) is 0 Å². The number of carbonyl (C=O) groups excluding carboxylic acids is 1. The highest BCUT2D eigenvalue weighted by molar-refractivity contribution is 5.90. The lowest BCUT2D eigenvalue weighted by molar-refractivity contribution is 0.0600. The third-order valence-electron chi connectivity index (χ3n) is 6.29. The van der Waals surface area contributed by atoms with Gasteiger partial charge < -0.3 is 9.15 Å². The topological polar surface area (TPSA) is 56.5 Å². The van der Waals surface area contributed by atoms with Gasteiger partial charge in [-0.1, -0.05) is 39.8 Å². The van der Waals surface area contributed by atoms with Gasteiger partial charge in [-0.15, -0.1) is 0 Å². The van der Waals surface area contributed by atoms with Crippen molar-refractivity contribution < 1.29 is 13.9 Å². The SMILES string of the molecule is COC(=O)c1ccc(-c2cc(=O)c3cc4c(cc3o2)C(C)(C)CCC4(C)C)cc1. The zero-order valence-electron chi connectivity index (χ0n) is 17.6. The molecule has 1 aliphatic rings. The Balaban J connectivity index is 1.88. The van der Waals surface area contributed by atoms with E-state index in [0.29, 0.717) is 22.3 Å². The lowest BCUT2D eigenvalue weighted by Gasteiger charge is -2.41. The van der Waals surface area contributed by atoms with Crippen LogP contribution in [-0.4, -0.2) is 13.1 Å². The van der Waals surface area contributed by atoms with Crippen LogP contribution >= 0.6 is 0 Å². The van der Waals surface area contributed by atoms with Gasteiger partial charge in [-0.2, -0.15) is 0 Å². The Morgan fingerprint density at radius 2 is 1.52 bits per heavy atom. The second-order valence-electron chi connectivity index (χ2n) is 9.21. The lowest BCUT2D eigenvalue weighted by Crippen LogP contribution is -2.34. The Morgan fingerprint density at radius 3 is 2.10 bits per heavy atom. The average molecular weight is 390 g/mol. The molecule has 0 aliphatic heterocycles. The molecule has 0 saturated heterocycles. The van der Waals surface area contributed by atoms with Crippen LogP contribution in [-0.2, 0) is 15.6 Å². The van der Waals surface area contributed by atoms with Crippen molar-refractivity contribution in [3.8, 4) is 11.3 Å². The minimum atomic E-state index is -0.395. The third-order valence-corrected chi connectivity index (χ3v) is 6.29. The summed E-state index contributed by atoms with van der Waals surface area (Å²) in [6.45, 7) is 8.98. The molecule has 4 heteroatoms. The summed E-state index contributed by atoms with van der Waals surface area (Å²) < 4.78 is 10.9. The van der Waals surface area contributed by atoms with E-state index in [9.17, 15) is 9.59 Å². The van der Waals surface area contributed by atoms with Crippen molar-refractivity contribution in [1.29, 1.82) is 0 Å². The minimum Gasteiger partial charge on any atom is -0.465 e. The Labute approximate surface area is 170 Å². The molecule has 0 unspecified atom stereocenters. The van der Waals surface area contributed by atoms with Crippen molar-refractivity contribution in [3.63, 3.8) is 0 Å². The first kappa shape index (κ1) is 19.4. The van der Waals surface area contributed by atoms with E-state index < -0.39 is 5.97 Å². The average Bonchev–Trinajstić information content (AvgIpc) is 2.70. The molecule has 4 rings (SSSR count). The van der Waals surface area contributed by atoms with Crippen molar-refractivity contribution >= 4 is 16.9 Å². The maximum atomic E-state index is 12.9. The summed E-state index contributed by atoms with van der Waals surface area (Å²) in [6.07, 6.45) is 2.19. The Hall–Kier alpha value is -2.88. The van der Waals surface area contributed by atoms with Crippen LogP contribution in [0.15, 0.2) is 51.7 Å². The molecule has 0 atom stereocenters. The molecule has 0 fully saturated rings. The molecule has 0 spiro atoms. The maximum absolute atomic E-state index is 12.9. The van der Waals surface area contributed by atoms with E-state index >= 15 is 0 Å². The molecule has 1 aromatic heterocycles. The zero-order chi connectivity index (χ0) is 21.0. The largest absolute Gasteiger partial charge is 0.465 e. The smallest absolute Gasteiger partial charge is 0.337 e. The van der Waals surface area contributed by atoms with Crippen molar-refractivity contribution in [2.75, 3.05) is 7.11 Å². The van der Waals surface area contributed by atoms with Crippen LogP contribution in [0.1, 0.15) is 62.0 Å². The molecule has 0 saturated carbocycles. The van der Waals surface area contributed by atoms with Crippen molar-refractivity contribution in [2.24, 2.45) is 0 Å². The monoisotopic (exact) mass is 390 g/mol. The number of benzene rings is 2. The van der Waals surface area contributed by atoms with E-state index in [0.717, 1.165) is 18.4 Å². The normalized spacial score (nSPS) is 17.0. The highest BCUT2D eigenvalue weighted by atomic mass is 16.5. The van der Waals surface area contributed by atoms with Gasteiger partial charge in [0, 0.05) is 11.6 Å². The van der Waals surface area contributed by atoms with Gasteiger partial charge in [-0.25, -0.2) is 4.79 Å². The summed E-state index contributed by atoms with van der Waals surface area (Å²) in [5.41, 5.74) is 4.32. The quantitative estimate of drug-likeness (QED) is 0.535. The summed E-state index contributed by atoms with van der Waals surface area (Å²) in [6, 6.07) is 12.5. The number of carbonyl (C=O) groups is 1. The van der Waals surface area contributed by atoms with E-state index in [1.807, 2.05) is 6.07 Å². The van der Waals surface area contributed by atoms with E-state index in [2.05, 4.69) is 33.8 Å². The first-order valence-corrected chi connectivity index (χ1v) is 9.94. The summed E-state index contributed by atoms with van der Waals surface area (Å²) in [7, 11) is 1.35. The van der Waals surface area contributed by atoms with Gasteiger partial charge >= 0.3 is 5.97 Å². The number of esters is 1. The molecular weight excluding hydrogens is 364 g/mol. The fourth-order valence-electron chi connectivity index (χ4n) is 4.25. The predicted molar refractivity (Wildman–Crippen MR) is 115 cm³/mol. The lowest BCUT2D eigenvalue weighted by atomic mass is 9.63. The first-order valence-electron chi connectivity index (χ1n) is 9.94. The standard InChI is InChI=1S/C25H26O4/c1-24(2)10-11-25(3,4)19-13-22-17(12-18(19)24)20(26)14-21(29-22)15-6-8-16(9-7-15)23(27)28-5/h6-9,12-14H,10-11H2,1-5H3. The number of rotatable bonds is 2. The number of fused-ring (bicyclic) bond motifs is 2. The van der Waals surface area contributed by atoms with Gasteiger partial charge in [0.1, 0.15) is 11.3 Å². The second-order valence-corrected chi connectivity index (χ2v) is 9.21. The minimum absolute atomic E-state index is 0.0356. The van der Waals surface area contributed by atoms with Gasteiger partial charge in [0.2, 0.25) is 0 Å².